The fourth-order valence-corrected chi connectivity index (χ4v) is 5.75. The van der Waals surface area contributed by atoms with E-state index in [0.29, 0.717) is 11.0 Å². The standard InChI is InChI=1S/C15H24O/c1-9-5-8-15-11(9)12-10(13(12,2)3)6-7-14(15,4)16-15/h9-12H,5-8H2,1-4H3/t9-,10-,11-,12-,14-,15+/m0/s1. The van der Waals surface area contributed by atoms with Crippen molar-refractivity contribution in [1.82, 2.24) is 0 Å². The average Bonchev–Trinajstić information content (AvgIpc) is 2.90. The maximum atomic E-state index is 6.32. The maximum Gasteiger partial charge on any atom is 0.101 e. The lowest BCUT2D eigenvalue weighted by atomic mass is 9.77. The van der Waals surface area contributed by atoms with E-state index in [-0.39, 0.29) is 5.60 Å². The van der Waals surface area contributed by atoms with Crippen LogP contribution >= 0.6 is 0 Å². The van der Waals surface area contributed by atoms with Crippen molar-refractivity contribution < 1.29 is 4.74 Å². The Labute approximate surface area is 98.9 Å². The van der Waals surface area contributed by atoms with Crippen LogP contribution in [0.2, 0.25) is 0 Å². The van der Waals surface area contributed by atoms with Crippen LogP contribution in [0.5, 0.6) is 0 Å². The van der Waals surface area contributed by atoms with Crippen molar-refractivity contribution in [1.29, 1.82) is 0 Å². The highest BCUT2D eigenvalue weighted by Crippen LogP contribution is 2.78. The molecule has 0 radical (unpaired) electrons. The molecule has 16 heavy (non-hydrogen) atoms. The summed E-state index contributed by atoms with van der Waals surface area (Å²) in [6, 6.07) is 0. The first kappa shape index (κ1) is 9.94. The SMILES string of the molecule is C[C@H]1CC[C@]23O[C@@]2(C)CC[C@H]2[C@@H]([C@H]13)C2(C)C. The summed E-state index contributed by atoms with van der Waals surface area (Å²) in [6.07, 6.45) is 5.48. The van der Waals surface area contributed by atoms with E-state index in [1.807, 2.05) is 0 Å². The van der Waals surface area contributed by atoms with Gasteiger partial charge in [-0.05, 0) is 61.7 Å². The van der Waals surface area contributed by atoms with Gasteiger partial charge in [0.15, 0.2) is 0 Å². The fraction of sp³-hybridized carbons (Fsp3) is 1.00. The van der Waals surface area contributed by atoms with Crippen LogP contribution in [0.25, 0.3) is 0 Å². The summed E-state index contributed by atoms with van der Waals surface area (Å²) in [5.41, 5.74) is 1.20. The molecule has 4 fully saturated rings. The van der Waals surface area contributed by atoms with Gasteiger partial charge in [0.1, 0.15) is 5.60 Å². The molecule has 1 aliphatic heterocycles. The maximum absolute atomic E-state index is 6.32. The second kappa shape index (κ2) is 2.39. The molecular formula is C15H24O. The van der Waals surface area contributed by atoms with Gasteiger partial charge in [-0.3, -0.25) is 0 Å². The third-order valence-electron chi connectivity index (χ3n) is 6.84. The Morgan fingerprint density at radius 1 is 1.00 bits per heavy atom. The van der Waals surface area contributed by atoms with Crippen molar-refractivity contribution in [3.8, 4) is 0 Å². The minimum atomic E-state index is 0.270. The van der Waals surface area contributed by atoms with Gasteiger partial charge >= 0.3 is 0 Å². The van der Waals surface area contributed by atoms with Gasteiger partial charge in [0, 0.05) is 0 Å². The second-order valence-electron chi connectivity index (χ2n) is 7.76. The second-order valence-corrected chi connectivity index (χ2v) is 7.76. The third kappa shape index (κ3) is 0.836. The monoisotopic (exact) mass is 220 g/mol. The van der Waals surface area contributed by atoms with Crippen LogP contribution in [0, 0.1) is 29.1 Å². The summed E-state index contributed by atoms with van der Waals surface area (Å²) in [4.78, 5) is 0. The molecule has 6 atom stereocenters. The molecule has 0 aromatic rings. The average molecular weight is 220 g/mol. The minimum absolute atomic E-state index is 0.270. The molecule has 3 aliphatic carbocycles. The van der Waals surface area contributed by atoms with Crippen molar-refractivity contribution >= 4 is 0 Å². The molecule has 0 aromatic heterocycles. The van der Waals surface area contributed by atoms with Gasteiger partial charge in [0.25, 0.3) is 0 Å². The molecule has 0 bridgehead atoms. The zero-order valence-electron chi connectivity index (χ0n) is 11.0. The zero-order valence-corrected chi connectivity index (χ0v) is 11.0. The smallest absolute Gasteiger partial charge is 0.101 e. The quantitative estimate of drug-likeness (QED) is 0.568. The summed E-state index contributed by atoms with van der Waals surface area (Å²) in [5.74, 6) is 3.74. The third-order valence-corrected chi connectivity index (χ3v) is 6.84. The Balaban J connectivity index is 1.77. The van der Waals surface area contributed by atoms with Gasteiger partial charge in [0.2, 0.25) is 0 Å². The Bertz CT molecular complexity index is 356. The van der Waals surface area contributed by atoms with Gasteiger partial charge in [-0.15, -0.1) is 0 Å². The van der Waals surface area contributed by atoms with Crippen LogP contribution in [0.15, 0.2) is 0 Å². The number of hydrogen-bond acceptors (Lipinski definition) is 1. The Morgan fingerprint density at radius 3 is 2.50 bits per heavy atom. The number of fused-ring (bicyclic) bond motifs is 2. The molecule has 1 saturated heterocycles. The predicted molar refractivity (Wildman–Crippen MR) is 64.1 cm³/mol. The van der Waals surface area contributed by atoms with E-state index in [2.05, 4.69) is 27.7 Å². The van der Waals surface area contributed by atoms with Crippen molar-refractivity contribution in [3.63, 3.8) is 0 Å². The van der Waals surface area contributed by atoms with Gasteiger partial charge in [0.05, 0.1) is 5.60 Å². The highest BCUT2D eigenvalue weighted by molar-refractivity contribution is 5.28. The van der Waals surface area contributed by atoms with Gasteiger partial charge < -0.3 is 4.74 Å². The van der Waals surface area contributed by atoms with Crippen LogP contribution in [0.1, 0.15) is 53.4 Å². The topological polar surface area (TPSA) is 12.5 Å². The normalized spacial score (nSPS) is 65.2. The molecule has 1 nitrogen and oxygen atoms in total. The zero-order chi connectivity index (χ0) is 11.3. The van der Waals surface area contributed by atoms with E-state index < -0.39 is 0 Å². The molecule has 4 rings (SSSR count). The number of rotatable bonds is 0. The molecule has 4 aliphatic rings. The lowest BCUT2D eigenvalue weighted by Crippen LogP contribution is -2.31. The first-order valence-electron chi connectivity index (χ1n) is 7.13. The van der Waals surface area contributed by atoms with E-state index >= 15 is 0 Å². The lowest BCUT2D eigenvalue weighted by molar-refractivity contribution is 0.176. The molecule has 0 amide bonds. The Morgan fingerprint density at radius 2 is 1.75 bits per heavy atom. The summed E-state index contributed by atoms with van der Waals surface area (Å²) < 4.78 is 6.32. The molecule has 3 saturated carbocycles. The van der Waals surface area contributed by atoms with Gasteiger partial charge in [-0.1, -0.05) is 20.8 Å². The van der Waals surface area contributed by atoms with E-state index in [4.69, 9.17) is 4.74 Å². The number of ether oxygens (including phenoxy) is 1. The first-order chi connectivity index (χ1) is 7.42. The Kier molecular flexibility index (Phi) is 1.48. The van der Waals surface area contributed by atoms with Crippen LogP contribution in [-0.4, -0.2) is 11.2 Å². The van der Waals surface area contributed by atoms with E-state index in [0.717, 1.165) is 23.7 Å². The molecule has 1 heteroatoms. The highest BCUT2D eigenvalue weighted by atomic mass is 16.6. The molecule has 0 aromatic carbocycles. The summed E-state index contributed by atoms with van der Waals surface area (Å²) >= 11 is 0. The van der Waals surface area contributed by atoms with Crippen LogP contribution in [0.4, 0.5) is 0 Å². The van der Waals surface area contributed by atoms with Crippen LogP contribution < -0.4 is 0 Å². The molecule has 1 spiro atoms. The fourth-order valence-electron chi connectivity index (χ4n) is 5.75. The molecule has 90 valence electrons. The minimum Gasteiger partial charge on any atom is -0.363 e. The molecule has 0 unspecified atom stereocenters. The summed E-state index contributed by atoms with van der Waals surface area (Å²) in [6.45, 7) is 9.84. The van der Waals surface area contributed by atoms with Crippen molar-refractivity contribution in [2.45, 2.75) is 64.6 Å². The van der Waals surface area contributed by atoms with Crippen LogP contribution in [-0.2, 0) is 4.74 Å². The lowest BCUT2D eigenvalue weighted by Gasteiger charge is -2.23. The van der Waals surface area contributed by atoms with Crippen molar-refractivity contribution in [3.05, 3.63) is 0 Å². The van der Waals surface area contributed by atoms with Gasteiger partial charge in [-0.2, -0.15) is 0 Å². The number of hydrogen-bond donors (Lipinski definition) is 0. The van der Waals surface area contributed by atoms with E-state index in [1.165, 1.54) is 25.7 Å². The van der Waals surface area contributed by atoms with Crippen molar-refractivity contribution in [2.75, 3.05) is 0 Å². The van der Waals surface area contributed by atoms with E-state index in [9.17, 15) is 0 Å². The summed E-state index contributed by atoms with van der Waals surface area (Å²) in [7, 11) is 0. The first-order valence-corrected chi connectivity index (χ1v) is 7.13. The molecular weight excluding hydrogens is 196 g/mol. The largest absolute Gasteiger partial charge is 0.363 e. The number of epoxide rings is 1. The highest BCUT2D eigenvalue weighted by Gasteiger charge is 2.80. The molecule has 1 heterocycles. The molecule has 0 N–H and O–H groups in total. The van der Waals surface area contributed by atoms with Gasteiger partial charge in [-0.25, -0.2) is 0 Å². The van der Waals surface area contributed by atoms with Crippen LogP contribution in [0.3, 0.4) is 0 Å². The van der Waals surface area contributed by atoms with E-state index in [1.54, 1.807) is 0 Å². The Hall–Kier alpha value is -0.0400. The van der Waals surface area contributed by atoms with Crippen molar-refractivity contribution in [2.24, 2.45) is 29.1 Å². The predicted octanol–water partition coefficient (Wildman–Crippen LogP) is 3.63. The summed E-state index contributed by atoms with van der Waals surface area (Å²) in [5, 5.41) is 0.